The molecule has 3 rings (SSSR count). The van der Waals surface area contributed by atoms with E-state index in [0.717, 1.165) is 5.56 Å². The molecule has 0 unspecified atom stereocenters. The number of nitrogens with zero attached hydrogens (tertiary/aromatic N) is 4. The molecule has 2 heterocycles. The van der Waals surface area contributed by atoms with Gasteiger partial charge in [0.1, 0.15) is 11.8 Å². The fourth-order valence-corrected chi connectivity index (χ4v) is 1.97. The number of ether oxygens (including phenoxy) is 1. The zero-order valence-electron chi connectivity index (χ0n) is 11.2. The van der Waals surface area contributed by atoms with Gasteiger partial charge in [-0.25, -0.2) is 0 Å². The van der Waals surface area contributed by atoms with E-state index in [1.54, 1.807) is 18.0 Å². The van der Waals surface area contributed by atoms with E-state index in [2.05, 4.69) is 15.2 Å². The molecular weight excluding hydrogens is 256 g/mol. The monoisotopic (exact) mass is 270 g/mol. The Morgan fingerprint density at radius 2 is 2.10 bits per heavy atom. The van der Waals surface area contributed by atoms with Crippen LogP contribution in [0.3, 0.4) is 0 Å². The average molecular weight is 270 g/mol. The maximum atomic E-state index is 5.33. The second kappa shape index (κ2) is 5.16. The quantitative estimate of drug-likeness (QED) is 0.729. The fourth-order valence-electron chi connectivity index (χ4n) is 1.97. The summed E-state index contributed by atoms with van der Waals surface area (Å²) in [5.74, 6) is 1.73. The zero-order valence-corrected chi connectivity index (χ0v) is 11.2. The Balaban J connectivity index is 1.94. The van der Waals surface area contributed by atoms with Crippen molar-refractivity contribution in [1.82, 2.24) is 19.9 Å². The van der Waals surface area contributed by atoms with Crippen molar-refractivity contribution >= 4 is 0 Å². The Morgan fingerprint density at radius 3 is 2.85 bits per heavy atom. The van der Waals surface area contributed by atoms with Crippen LogP contribution in [0.15, 0.2) is 47.2 Å². The molecule has 0 amide bonds. The molecular formula is C14H14N4O2. The molecule has 0 saturated heterocycles. The van der Waals surface area contributed by atoms with Crippen LogP contribution in [-0.2, 0) is 0 Å². The first kappa shape index (κ1) is 12.4. The van der Waals surface area contributed by atoms with E-state index in [-0.39, 0.29) is 6.04 Å². The molecule has 102 valence electrons. The second-order valence-electron chi connectivity index (χ2n) is 4.32. The number of hydrogen-bond donors (Lipinski definition) is 0. The molecule has 0 spiro atoms. The summed E-state index contributed by atoms with van der Waals surface area (Å²) in [6.07, 6.45) is 3.58. The summed E-state index contributed by atoms with van der Waals surface area (Å²) in [6.45, 7) is 1.95. The smallest absolute Gasteiger partial charge is 0.251 e. The Labute approximate surface area is 116 Å². The number of benzene rings is 1. The summed E-state index contributed by atoms with van der Waals surface area (Å²) in [6, 6.07) is 9.31. The topological polar surface area (TPSA) is 66.0 Å². The molecule has 0 radical (unpaired) electrons. The minimum Gasteiger partial charge on any atom is -0.496 e. The van der Waals surface area contributed by atoms with Crippen LogP contribution in [0.1, 0.15) is 18.9 Å². The van der Waals surface area contributed by atoms with E-state index < -0.39 is 0 Å². The summed E-state index contributed by atoms with van der Waals surface area (Å²) in [4.78, 5) is 4.43. The first-order valence-corrected chi connectivity index (χ1v) is 6.25. The molecule has 1 aromatic carbocycles. The van der Waals surface area contributed by atoms with Crippen molar-refractivity contribution in [3.63, 3.8) is 0 Å². The number of para-hydroxylation sites is 1. The van der Waals surface area contributed by atoms with Gasteiger partial charge in [0, 0.05) is 12.4 Å². The minimum atomic E-state index is -0.110. The summed E-state index contributed by atoms with van der Waals surface area (Å²) < 4.78 is 12.4. The fraction of sp³-hybridized carbons (Fsp3) is 0.214. The highest BCUT2D eigenvalue weighted by molar-refractivity contribution is 5.63. The predicted molar refractivity (Wildman–Crippen MR) is 72.3 cm³/mol. The zero-order chi connectivity index (χ0) is 13.9. The van der Waals surface area contributed by atoms with Crippen molar-refractivity contribution in [1.29, 1.82) is 0 Å². The van der Waals surface area contributed by atoms with Crippen molar-refractivity contribution in [2.24, 2.45) is 0 Å². The lowest BCUT2D eigenvalue weighted by Crippen LogP contribution is -2.07. The normalized spacial score (nSPS) is 12.3. The summed E-state index contributed by atoms with van der Waals surface area (Å²) in [7, 11) is 1.62. The highest BCUT2D eigenvalue weighted by atomic mass is 16.5. The van der Waals surface area contributed by atoms with Crippen LogP contribution in [0.4, 0.5) is 0 Å². The van der Waals surface area contributed by atoms with E-state index in [1.807, 2.05) is 43.5 Å². The lowest BCUT2D eigenvalue weighted by Gasteiger charge is -2.06. The van der Waals surface area contributed by atoms with Crippen LogP contribution in [0.25, 0.3) is 11.4 Å². The van der Waals surface area contributed by atoms with Gasteiger partial charge < -0.3 is 9.26 Å². The van der Waals surface area contributed by atoms with Crippen LogP contribution in [0.2, 0.25) is 0 Å². The number of rotatable bonds is 4. The molecule has 3 aromatic rings. The Hall–Kier alpha value is -2.63. The maximum absolute atomic E-state index is 5.33. The third kappa shape index (κ3) is 2.16. The van der Waals surface area contributed by atoms with Gasteiger partial charge in [0.2, 0.25) is 5.82 Å². The lowest BCUT2D eigenvalue weighted by molar-refractivity contribution is 0.336. The Bertz CT molecular complexity index is 691. The first-order chi connectivity index (χ1) is 9.79. The number of hydrogen-bond acceptors (Lipinski definition) is 5. The van der Waals surface area contributed by atoms with Gasteiger partial charge in [-0.15, -0.1) is 0 Å². The second-order valence-corrected chi connectivity index (χ2v) is 4.32. The van der Waals surface area contributed by atoms with E-state index in [1.165, 1.54) is 0 Å². The molecule has 6 nitrogen and oxygen atoms in total. The first-order valence-electron chi connectivity index (χ1n) is 6.25. The van der Waals surface area contributed by atoms with Gasteiger partial charge >= 0.3 is 0 Å². The molecule has 6 heteroatoms. The van der Waals surface area contributed by atoms with E-state index in [4.69, 9.17) is 9.26 Å². The SMILES string of the molecule is COc1ccccc1-c1noc([C@@H](C)n2cccn2)n1. The summed E-state index contributed by atoms with van der Waals surface area (Å²) >= 11 is 0. The van der Waals surface area contributed by atoms with Gasteiger partial charge in [-0.05, 0) is 25.1 Å². The molecule has 2 aromatic heterocycles. The molecule has 1 atom stereocenters. The van der Waals surface area contributed by atoms with Crippen molar-refractivity contribution in [3.8, 4) is 17.1 Å². The predicted octanol–water partition coefficient (Wildman–Crippen LogP) is 2.55. The molecule has 0 aliphatic heterocycles. The van der Waals surface area contributed by atoms with Gasteiger partial charge in [0.15, 0.2) is 0 Å². The molecule has 0 saturated carbocycles. The van der Waals surface area contributed by atoms with Gasteiger partial charge in [0.05, 0.1) is 12.7 Å². The van der Waals surface area contributed by atoms with Crippen LogP contribution in [0, 0.1) is 0 Å². The maximum Gasteiger partial charge on any atom is 0.251 e. The molecule has 20 heavy (non-hydrogen) atoms. The van der Waals surface area contributed by atoms with Crippen molar-refractivity contribution in [2.75, 3.05) is 7.11 Å². The molecule has 0 aliphatic rings. The molecule has 0 fully saturated rings. The largest absolute Gasteiger partial charge is 0.496 e. The average Bonchev–Trinajstić information content (AvgIpc) is 3.18. The van der Waals surface area contributed by atoms with E-state index in [9.17, 15) is 0 Å². The van der Waals surface area contributed by atoms with Crippen LogP contribution in [0.5, 0.6) is 5.75 Å². The highest BCUT2D eigenvalue weighted by Crippen LogP contribution is 2.28. The van der Waals surface area contributed by atoms with Gasteiger partial charge in [-0.2, -0.15) is 10.1 Å². The number of aromatic nitrogens is 4. The van der Waals surface area contributed by atoms with Crippen molar-refractivity contribution in [2.45, 2.75) is 13.0 Å². The van der Waals surface area contributed by atoms with Crippen molar-refractivity contribution < 1.29 is 9.26 Å². The lowest BCUT2D eigenvalue weighted by atomic mass is 10.2. The van der Waals surface area contributed by atoms with Gasteiger partial charge in [-0.1, -0.05) is 17.3 Å². The summed E-state index contributed by atoms with van der Waals surface area (Å²) in [5.41, 5.74) is 0.803. The Kier molecular flexibility index (Phi) is 3.20. The van der Waals surface area contributed by atoms with Crippen LogP contribution in [-0.4, -0.2) is 27.0 Å². The van der Waals surface area contributed by atoms with Gasteiger partial charge in [0.25, 0.3) is 5.89 Å². The minimum absolute atomic E-state index is 0.110. The molecule has 0 N–H and O–H groups in total. The number of methoxy groups -OCH3 is 1. The summed E-state index contributed by atoms with van der Waals surface area (Å²) in [5, 5.41) is 8.19. The Morgan fingerprint density at radius 1 is 1.25 bits per heavy atom. The standard InChI is InChI=1S/C14H14N4O2/c1-10(18-9-5-8-15-18)14-16-13(17-20-14)11-6-3-4-7-12(11)19-2/h3-10H,1-2H3/t10-/m1/s1. The molecule has 0 aliphatic carbocycles. The van der Waals surface area contributed by atoms with Crippen LogP contribution >= 0.6 is 0 Å². The van der Waals surface area contributed by atoms with E-state index >= 15 is 0 Å². The third-order valence-corrected chi connectivity index (χ3v) is 3.07. The van der Waals surface area contributed by atoms with E-state index in [0.29, 0.717) is 17.5 Å². The van der Waals surface area contributed by atoms with Gasteiger partial charge in [-0.3, -0.25) is 4.68 Å². The highest BCUT2D eigenvalue weighted by Gasteiger charge is 2.18. The van der Waals surface area contributed by atoms with Crippen LogP contribution < -0.4 is 4.74 Å². The molecule has 0 bridgehead atoms. The third-order valence-electron chi connectivity index (χ3n) is 3.07. The van der Waals surface area contributed by atoms with Crippen molar-refractivity contribution in [3.05, 3.63) is 48.6 Å².